The van der Waals surface area contributed by atoms with Gasteiger partial charge in [0.25, 0.3) is 0 Å². The van der Waals surface area contributed by atoms with E-state index in [4.69, 9.17) is 4.74 Å². The molecule has 1 amide bonds. The Kier molecular flexibility index (Phi) is 4.64. The monoisotopic (exact) mass is 311 g/mol. The number of piperidine rings is 1. The lowest BCUT2D eigenvalue weighted by Gasteiger charge is -2.29. The number of rotatable bonds is 4. The smallest absolute Gasteiger partial charge is 0.240 e. The zero-order chi connectivity index (χ0) is 13.0. The number of benzene rings is 1. The number of alkyl halides is 1. The van der Waals surface area contributed by atoms with Gasteiger partial charge in [-0.3, -0.25) is 4.79 Å². The number of amides is 1. The van der Waals surface area contributed by atoms with Crippen LogP contribution in [0, 0.1) is 0 Å². The number of anilines is 1. The molecule has 3 nitrogen and oxygen atoms in total. The summed E-state index contributed by atoms with van der Waals surface area (Å²) in [6.07, 6.45) is 2.96. The number of hydrogen-bond acceptors (Lipinski definition) is 2. The Bertz CT molecular complexity index is 405. The standard InChI is InChI=1S/C14H18BrNO2/c1-2-10-18-12-7-5-11(6-8-12)16-9-3-4-13(15)14(16)17/h5-8,13H,2-4,9-10H2,1H3. The molecule has 0 spiro atoms. The van der Waals surface area contributed by atoms with Crippen molar-refractivity contribution in [1.82, 2.24) is 0 Å². The Morgan fingerprint density at radius 3 is 2.78 bits per heavy atom. The second-order valence-corrected chi connectivity index (χ2v) is 5.55. The molecule has 1 unspecified atom stereocenters. The summed E-state index contributed by atoms with van der Waals surface area (Å²) in [7, 11) is 0. The van der Waals surface area contributed by atoms with Crippen LogP contribution >= 0.6 is 15.9 Å². The molecule has 0 aromatic heterocycles. The van der Waals surface area contributed by atoms with E-state index in [2.05, 4.69) is 22.9 Å². The van der Waals surface area contributed by atoms with Crippen molar-refractivity contribution in [1.29, 1.82) is 0 Å². The molecular formula is C14H18BrNO2. The third kappa shape index (κ3) is 3.05. The van der Waals surface area contributed by atoms with Gasteiger partial charge in [-0.25, -0.2) is 0 Å². The van der Waals surface area contributed by atoms with Gasteiger partial charge >= 0.3 is 0 Å². The normalized spacial score (nSPS) is 20.0. The summed E-state index contributed by atoms with van der Waals surface area (Å²) in [6.45, 7) is 3.61. The maximum atomic E-state index is 12.0. The molecule has 1 aromatic rings. The predicted molar refractivity (Wildman–Crippen MR) is 76.5 cm³/mol. The van der Waals surface area contributed by atoms with Crippen molar-refractivity contribution in [2.24, 2.45) is 0 Å². The fourth-order valence-corrected chi connectivity index (χ4v) is 2.60. The van der Waals surface area contributed by atoms with E-state index in [0.717, 1.165) is 43.9 Å². The van der Waals surface area contributed by atoms with Crippen LogP contribution in [0.25, 0.3) is 0 Å². The maximum Gasteiger partial charge on any atom is 0.240 e. The Balaban J connectivity index is 2.06. The summed E-state index contributed by atoms with van der Waals surface area (Å²) in [5.74, 6) is 1.02. The van der Waals surface area contributed by atoms with E-state index in [9.17, 15) is 4.79 Å². The SMILES string of the molecule is CCCOc1ccc(N2CCCC(Br)C2=O)cc1. The van der Waals surface area contributed by atoms with E-state index < -0.39 is 0 Å². The van der Waals surface area contributed by atoms with Crippen LogP contribution in [0.1, 0.15) is 26.2 Å². The molecule has 1 aliphatic heterocycles. The summed E-state index contributed by atoms with van der Waals surface area (Å²) in [4.78, 5) is 13.8. The Morgan fingerprint density at radius 2 is 2.11 bits per heavy atom. The molecule has 0 aliphatic carbocycles. The predicted octanol–water partition coefficient (Wildman–Crippen LogP) is 3.37. The molecule has 1 atom stereocenters. The Morgan fingerprint density at radius 1 is 1.39 bits per heavy atom. The molecule has 1 heterocycles. The lowest BCUT2D eigenvalue weighted by molar-refractivity contribution is -0.118. The van der Waals surface area contributed by atoms with Gasteiger partial charge in [-0.15, -0.1) is 0 Å². The summed E-state index contributed by atoms with van der Waals surface area (Å²) >= 11 is 3.42. The van der Waals surface area contributed by atoms with Crippen molar-refractivity contribution in [3.05, 3.63) is 24.3 Å². The zero-order valence-electron chi connectivity index (χ0n) is 10.6. The quantitative estimate of drug-likeness (QED) is 0.798. The van der Waals surface area contributed by atoms with Gasteiger partial charge < -0.3 is 9.64 Å². The highest BCUT2D eigenvalue weighted by molar-refractivity contribution is 9.10. The first kappa shape index (κ1) is 13.4. The minimum absolute atomic E-state index is 0.0396. The lowest BCUT2D eigenvalue weighted by atomic mass is 10.1. The number of carbonyl (C=O) groups is 1. The Labute approximate surface area is 116 Å². The molecule has 18 heavy (non-hydrogen) atoms. The molecule has 0 bridgehead atoms. The van der Waals surface area contributed by atoms with Crippen molar-refractivity contribution >= 4 is 27.5 Å². The van der Waals surface area contributed by atoms with Crippen LogP contribution in [0.3, 0.4) is 0 Å². The molecule has 98 valence electrons. The summed E-state index contributed by atoms with van der Waals surface area (Å²) in [6, 6.07) is 7.76. The van der Waals surface area contributed by atoms with Gasteiger partial charge in [0.05, 0.1) is 11.4 Å². The second kappa shape index (κ2) is 6.23. The summed E-state index contributed by atoms with van der Waals surface area (Å²) < 4.78 is 5.53. The topological polar surface area (TPSA) is 29.5 Å². The fraction of sp³-hybridized carbons (Fsp3) is 0.500. The van der Waals surface area contributed by atoms with E-state index in [1.54, 1.807) is 0 Å². The molecule has 0 radical (unpaired) electrons. The molecule has 1 fully saturated rings. The zero-order valence-corrected chi connectivity index (χ0v) is 12.1. The highest BCUT2D eigenvalue weighted by Crippen LogP contribution is 2.26. The molecule has 4 heteroatoms. The van der Waals surface area contributed by atoms with Crippen molar-refractivity contribution in [2.45, 2.75) is 31.0 Å². The van der Waals surface area contributed by atoms with Gasteiger partial charge in [0.2, 0.25) is 5.91 Å². The summed E-state index contributed by atoms with van der Waals surface area (Å²) in [5, 5.41) is 0. The van der Waals surface area contributed by atoms with E-state index in [0.29, 0.717) is 0 Å². The van der Waals surface area contributed by atoms with Crippen LogP contribution in [0.15, 0.2) is 24.3 Å². The third-order valence-electron chi connectivity index (χ3n) is 2.99. The van der Waals surface area contributed by atoms with E-state index in [1.807, 2.05) is 29.2 Å². The fourth-order valence-electron chi connectivity index (χ4n) is 2.03. The first-order chi connectivity index (χ1) is 8.72. The Hall–Kier alpha value is -1.03. The van der Waals surface area contributed by atoms with Gasteiger partial charge in [-0.05, 0) is 43.5 Å². The van der Waals surface area contributed by atoms with Gasteiger partial charge in [0.15, 0.2) is 0 Å². The van der Waals surface area contributed by atoms with Crippen molar-refractivity contribution in [2.75, 3.05) is 18.1 Å². The second-order valence-electron chi connectivity index (χ2n) is 4.44. The molecule has 1 aliphatic rings. The third-order valence-corrected chi connectivity index (χ3v) is 3.84. The minimum Gasteiger partial charge on any atom is -0.494 e. The average Bonchev–Trinajstić information content (AvgIpc) is 2.40. The highest BCUT2D eigenvalue weighted by atomic mass is 79.9. The van der Waals surface area contributed by atoms with Crippen LogP contribution in [0.4, 0.5) is 5.69 Å². The van der Waals surface area contributed by atoms with E-state index in [1.165, 1.54) is 0 Å². The van der Waals surface area contributed by atoms with Crippen molar-refractivity contribution < 1.29 is 9.53 Å². The maximum absolute atomic E-state index is 12.0. The van der Waals surface area contributed by atoms with Crippen LogP contribution in [0.5, 0.6) is 5.75 Å². The lowest BCUT2D eigenvalue weighted by Crippen LogP contribution is -2.41. The van der Waals surface area contributed by atoms with Gasteiger partial charge in [-0.2, -0.15) is 0 Å². The number of halogens is 1. The number of ether oxygens (including phenoxy) is 1. The molecule has 0 saturated carbocycles. The molecule has 1 aromatic carbocycles. The van der Waals surface area contributed by atoms with Gasteiger partial charge in [-0.1, -0.05) is 22.9 Å². The van der Waals surface area contributed by atoms with Crippen molar-refractivity contribution in [3.8, 4) is 5.75 Å². The van der Waals surface area contributed by atoms with Crippen molar-refractivity contribution in [3.63, 3.8) is 0 Å². The number of carbonyl (C=O) groups excluding carboxylic acids is 1. The first-order valence-corrected chi connectivity index (χ1v) is 7.32. The van der Waals surface area contributed by atoms with Crippen LogP contribution in [0.2, 0.25) is 0 Å². The van der Waals surface area contributed by atoms with Crippen LogP contribution in [-0.2, 0) is 4.79 Å². The van der Waals surface area contributed by atoms with Gasteiger partial charge in [0, 0.05) is 12.2 Å². The number of nitrogens with zero attached hydrogens (tertiary/aromatic N) is 1. The molecular weight excluding hydrogens is 294 g/mol. The first-order valence-electron chi connectivity index (χ1n) is 6.40. The number of hydrogen-bond donors (Lipinski definition) is 0. The van der Waals surface area contributed by atoms with Crippen LogP contribution in [-0.4, -0.2) is 23.9 Å². The minimum atomic E-state index is -0.0396. The van der Waals surface area contributed by atoms with Gasteiger partial charge in [0.1, 0.15) is 5.75 Å². The van der Waals surface area contributed by atoms with E-state index in [-0.39, 0.29) is 10.7 Å². The van der Waals surface area contributed by atoms with E-state index >= 15 is 0 Å². The molecule has 2 rings (SSSR count). The highest BCUT2D eigenvalue weighted by Gasteiger charge is 2.27. The summed E-state index contributed by atoms with van der Waals surface area (Å²) in [5.41, 5.74) is 0.952. The average molecular weight is 312 g/mol. The largest absolute Gasteiger partial charge is 0.494 e. The molecule has 0 N–H and O–H groups in total. The van der Waals surface area contributed by atoms with Crippen LogP contribution < -0.4 is 9.64 Å². The molecule has 1 saturated heterocycles.